The van der Waals surface area contributed by atoms with Crippen LogP contribution in [0.2, 0.25) is 0 Å². The molecule has 1 heterocycles. The quantitative estimate of drug-likeness (QED) is 0.640. The van der Waals surface area contributed by atoms with Crippen molar-refractivity contribution in [2.45, 2.75) is 20.4 Å². The molecule has 0 radical (unpaired) electrons. The summed E-state index contributed by atoms with van der Waals surface area (Å²) in [7, 11) is 0. The number of guanidine groups is 1. The minimum absolute atomic E-state index is 0.408. The fourth-order valence-corrected chi connectivity index (χ4v) is 1.86. The first-order valence-electron chi connectivity index (χ1n) is 6.11. The summed E-state index contributed by atoms with van der Waals surface area (Å²) < 4.78 is 1.72. The molecule has 2 rings (SSSR count). The second-order valence-electron chi connectivity index (χ2n) is 4.43. The van der Waals surface area contributed by atoms with Gasteiger partial charge >= 0.3 is 0 Å². The highest BCUT2D eigenvalue weighted by Crippen LogP contribution is 2.13. The molecule has 19 heavy (non-hydrogen) atoms. The van der Waals surface area contributed by atoms with Gasteiger partial charge in [0.05, 0.1) is 13.1 Å². The zero-order chi connectivity index (χ0) is 13.7. The first-order valence-corrected chi connectivity index (χ1v) is 6.11. The van der Waals surface area contributed by atoms with Crippen molar-refractivity contribution in [3.63, 3.8) is 0 Å². The maximum atomic E-state index is 5.84. The Bertz CT molecular complexity index is 538. The van der Waals surface area contributed by atoms with E-state index in [4.69, 9.17) is 5.73 Å². The zero-order valence-corrected chi connectivity index (χ0v) is 11.2. The molecule has 0 saturated carbocycles. The van der Waals surface area contributed by atoms with Gasteiger partial charge in [0.15, 0.2) is 5.96 Å². The predicted molar refractivity (Wildman–Crippen MR) is 76.1 cm³/mol. The van der Waals surface area contributed by atoms with E-state index in [1.807, 2.05) is 12.1 Å². The number of hydrogen-bond acceptors (Lipinski definition) is 3. The van der Waals surface area contributed by atoms with Crippen LogP contribution < -0.4 is 11.1 Å². The van der Waals surface area contributed by atoms with Gasteiger partial charge in [-0.2, -0.15) is 5.10 Å². The van der Waals surface area contributed by atoms with Gasteiger partial charge < -0.3 is 11.1 Å². The topological polar surface area (TPSA) is 81.1 Å². The molecular formula is C13H18N6. The molecule has 3 N–H and O–H groups in total. The number of hydrogen-bond donors (Lipinski definition) is 2. The van der Waals surface area contributed by atoms with Crippen LogP contribution in [-0.4, -0.2) is 27.3 Å². The monoisotopic (exact) mass is 258 g/mol. The Balaban J connectivity index is 1.90. The summed E-state index contributed by atoms with van der Waals surface area (Å²) in [5.41, 5.74) is 9.18. The van der Waals surface area contributed by atoms with E-state index >= 15 is 0 Å². The highest BCUT2D eigenvalue weighted by molar-refractivity contribution is 5.92. The average molecular weight is 258 g/mol. The summed E-state index contributed by atoms with van der Waals surface area (Å²) in [6.45, 7) is 5.33. The molecule has 0 saturated heterocycles. The van der Waals surface area contributed by atoms with E-state index in [-0.39, 0.29) is 0 Å². The van der Waals surface area contributed by atoms with Crippen molar-refractivity contribution < 1.29 is 0 Å². The molecule has 2 aromatic rings. The molecule has 6 heteroatoms. The molecule has 0 atom stereocenters. The van der Waals surface area contributed by atoms with Crippen molar-refractivity contribution >= 4 is 11.6 Å². The van der Waals surface area contributed by atoms with Gasteiger partial charge in [0, 0.05) is 5.69 Å². The number of anilines is 1. The van der Waals surface area contributed by atoms with Gasteiger partial charge in [-0.15, -0.1) is 0 Å². The van der Waals surface area contributed by atoms with Gasteiger partial charge in [-0.3, -0.25) is 9.67 Å². The molecule has 0 bridgehead atoms. The molecule has 0 fully saturated rings. The van der Waals surface area contributed by atoms with Crippen LogP contribution in [0.3, 0.4) is 0 Å². The van der Waals surface area contributed by atoms with E-state index in [0.29, 0.717) is 19.0 Å². The van der Waals surface area contributed by atoms with Gasteiger partial charge in [-0.25, -0.2) is 4.98 Å². The minimum atomic E-state index is 0.408. The van der Waals surface area contributed by atoms with Gasteiger partial charge in [0.2, 0.25) is 0 Å². The minimum Gasteiger partial charge on any atom is -0.370 e. The Morgan fingerprint density at radius 1 is 1.32 bits per heavy atom. The van der Waals surface area contributed by atoms with Crippen LogP contribution in [0.5, 0.6) is 0 Å². The fraction of sp³-hybridized carbons (Fsp3) is 0.308. The summed E-state index contributed by atoms with van der Waals surface area (Å²) in [4.78, 5) is 8.11. The molecule has 0 spiro atoms. The Kier molecular flexibility index (Phi) is 4.12. The Morgan fingerprint density at radius 3 is 2.68 bits per heavy atom. The third-order valence-corrected chi connectivity index (χ3v) is 2.57. The second kappa shape index (κ2) is 5.99. The number of nitrogens with zero attached hydrogens (tertiary/aromatic N) is 4. The Labute approximate surface area is 112 Å². The summed E-state index contributed by atoms with van der Waals surface area (Å²) in [6, 6.07) is 6.18. The molecule has 100 valence electrons. The number of rotatable bonds is 4. The third kappa shape index (κ3) is 4.09. The van der Waals surface area contributed by atoms with Crippen LogP contribution >= 0.6 is 0 Å². The maximum Gasteiger partial charge on any atom is 0.193 e. The molecule has 0 unspecified atom stereocenters. The normalized spacial score (nSPS) is 11.6. The van der Waals surface area contributed by atoms with Gasteiger partial charge in [0.25, 0.3) is 0 Å². The fourth-order valence-electron chi connectivity index (χ4n) is 1.86. The molecule has 1 aromatic heterocycles. The Hall–Kier alpha value is -2.37. The lowest BCUT2D eigenvalue weighted by molar-refractivity contribution is 0.624. The van der Waals surface area contributed by atoms with Crippen LogP contribution in [-0.2, 0) is 6.54 Å². The van der Waals surface area contributed by atoms with Crippen molar-refractivity contribution in [1.29, 1.82) is 0 Å². The van der Waals surface area contributed by atoms with E-state index in [1.54, 1.807) is 11.0 Å². The SMILES string of the molecule is Cc1cc(C)cc(NC(N)=NCCn2cncn2)c1. The number of aryl methyl sites for hydroxylation is 2. The molecule has 0 aliphatic heterocycles. The standard InChI is InChI=1S/C13H18N6/c1-10-5-11(2)7-12(6-10)18-13(14)16-3-4-19-9-15-8-17-19/h5-9H,3-4H2,1-2H3,(H3,14,16,18). The van der Waals surface area contributed by atoms with Crippen molar-refractivity contribution in [2.75, 3.05) is 11.9 Å². The number of aliphatic imine (C=N–C) groups is 1. The molecule has 6 nitrogen and oxygen atoms in total. The second-order valence-corrected chi connectivity index (χ2v) is 4.43. The van der Waals surface area contributed by atoms with E-state index in [1.165, 1.54) is 17.5 Å². The average Bonchev–Trinajstić information content (AvgIpc) is 2.80. The van der Waals surface area contributed by atoms with Crippen LogP contribution in [0.15, 0.2) is 35.8 Å². The zero-order valence-electron chi connectivity index (χ0n) is 11.2. The van der Waals surface area contributed by atoms with E-state index in [2.05, 4.69) is 40.3 Å². The third-order valence-electron chi connectivity index (χ3n) is 2.57. The smallest absolute Gasteiger partial charge is 0.193 e. The van der Waals surface area contributed by atoms with Gasteiger partial charge in [-0.1, -0.05) is 6.07 Å². The number of benzene rings is 1. The van der Waals surface area contributed by atoms with E-state index in [0.717, 1.165) is 5.69 Å². The lowest BCUT2D eigenvalue weighted by Crippen LogP contribution is -2.23. The van der Waals surface area contributed by atoms with Crippen LogP contribution in [0, 0.1) is 13.8 Å². The first-order chi connectivity index (χ1) is 9.13. The molecule has 0 amide bonds. The highest BCUT2D eigenvalue weighted by Gasteiger charge is 1.97. The maximum absolute atomic E-state index is 5.84. The van der Waals surface area contributed by atoms with Gasteiger partial charge in [0.1, 0.15) is 12.7 Å². The molecule has 0 aliphatic rings. The predicted octanol–water partition coefficient (Wildman–Crippen LogP) is 1.32. The van der Waals surface area contributed by atoms with Crippen LogP contribution in [0.25, 0.3) is 0 Å². The Morgan fingerprint density at radius 2 is 2.05 bits per heavy atom. The van der Waals surface area contributed by atoms with Crippen molar-refractivity contribution in [3.8, 4) is 0 Å². The molecule has 0 aliphatic carbocycles. The van der Waals surface area contributed by atoms with E-state index < -0.39 is 0 Å². The lowest BCUT2D eigenvalue weighted by Gasteiger charge is -2.08. The number of aromatic nitrogens is 3. The molecular weight excluding hydrogens is 240 g/mol. The number of nitrogens with one attached hydrogen (secondary N) is 1. The first kappa shape index (κ1) is 13.1. The summed E-state index contributed by atoms with van der Waals surface area (Å²) >= 11 is 0. The van der Waals surface area contributed by atoms with Crippen molar-refractivity contribution in [1.82, 2.24) is 14.8 Å². The lowest BCUT2D eigenvalue weighted by atomic mass is 10.1. The van der Waals surface area contributed by atoms with Crippen molar-refractivity contribution in [2.24, 2.45) is 10.7 Å². The van der Waals surface area contributed by atoms with Crippen LogP contribution in [0.1, 0.15) is 11.1 Å². The largest absolute Gasteiger partial charge is 0.370 e. The van der Waals surface area contributed by atoms with Crippen molar-refractivity contribution in [3.05, 3.63) is 42.0 Å². The number of nitrogens with two attached hydrogens (primary N) is 1. The summed E-state index contributed by atoms with van der Waals surface area (Å²) in [5, 5.41) is 7.08. The van der Waals surface area contributed by atoms with Crippen LogP contribution in [0.4, 0.5) is 5.69 Å². The molecule has 1 aromatic carbocycles. The summed E-state index contributed by atoms with van der Waals surface area (Å²) in [6.07, 6.45) is 3.16. The van der Waals surface area contributed by atoms with Gasteiger partial charge in [-0.05, 0) is 37.1 Å². The van der Waals surface area contributed by atoms with E-state index in [9.17, 15) is 0 Å². The summed E-state index contributed by atoms with van der Waals surface area (Å²) in [5.74, 6) is 0.408. The highest BCUT2D eigenvalue weighted by atomic mass is 15.3.